The number of anilines is 1. The lowest BCUT2D eigenvalue weighted by molar-refractivity contribution is -0.123. The van der Waals surface area contributed by atoms with E-state index in [1.807, 2.05) is 6.07 Å². The molecule has 5 rings (SSSR count). The fraction of sp³-hybridized carbons (Fsp3) is 0.560. The lowest BCUT2D eigenvalue weighted by Crippen LogP contribution is -2.51. The molecule has 1 saturated heterocycles. The van der Waals surface area contributed by atoms with Crippen molar-refractivity contribution in [3.05, 3.63) is 39.2 Å². The van der Waals surface area contributed by atoms with Gasteiger partial charge in [-0.25, -0.2) is 4.79 Å². The molecule has 1 fully saturated rings. The molecule has 0 aliphatic carbocycles. The van der Waals surface area contributed by atoms with Crippen LogP contribution in [0.1, 0.15) is 34.3 Å². The lowest BCUT2D eigenvalue weighted by atomic mass is 9.90. The zero-order valence-electron chi connectivity index (χ0n) is 19.8. The van der Waals surface area contributed by atoms with Crippen LogP contribution in [0.5, 0.6) is 0 Å². The summed E-state index contributed by atoms with van der Waals surface area (Å²) in [4.78, 5) is 42.8. The molecule has 2 aromatic rings. The van der Waals surface area contributed by atoms with Crippen LogP contribution in [-0.4, -0.2) is 87.0 Å². The number of morpholine rings is 1. The summed E-state index contributed by atoms with van der Waals surface area (Å²) in [5.41, 5.74) is 3.06. The van der Waals surface area contributed by atoms with Gasteiger partial charge in [-0.2, -0.15) is 0 Å². The smallest absolute Gasteiger partial charge is 0.349 e. The normalized spacial score (nSPS) is 18.7. The minimum atomic E-state index is -1.17. The Labute approximate surface area is 203 Å². The Bertz CT molecular complexity index is 1170. The Morgan fingerprint density at radius 3 is 2.63 bits per heavy atom. The van der Waals surface area contributed by atoms with Gasteiger partial charge >= 0.3 is 5.63 Å². The van der Waals surface area contributed by atoms with E-state index in [2.05, 4.69) is 20.4 Å². The van der Waals surface area contributed by atoms with Gasteiger partial charge in [-0.15, -0.1) is 0 Å². The molecule has 1 aromatic heterocycles. The first-order valence-corrected chi connectivity index (χ1v) is 12.4. The third-order valence-electron chi connectivity index (χ3n) is 7.10. The number of fused-ring (bicyclic) bond motifs is 2. The highest BCUT2D eigenvalue weighted by Crippen LogP contribution is 2.39. The summed E-state index contributed by atoms with van der Waals surface area (Å²) >= 11 is 0. The summed E-state index contributed by atoms with van der Waals surface area (Å²) in [6.45, 7) is 5.41. The van der Waals surface area contributed by atoms with Crippen LogP contribution in [0.15, 0.2) is 21.3 Å². The van der Waals surface area contributed by atoms with Gasteiger partial charge in [-0.3, -0.25) is 14.5 Å². The van der Waals surface area contributed by atoms with E-state index in [1.165, 1.54) is 11.3 Å². The van der Waals surface area contributed by atoms with E-state index in [9.17, 15) is 19.5 Å². The number of hydrogen-bond acceptors (Lipinski definition) is 8. The van der Waals surface area contributed by atoms with E-state index < -0.39 is 30.1 Å². The summed E-state index contributed by atoms with van der Waals surface area (Å²) in [7, 11) is 0. The van der Waals surface area contributed by atoms with Gasteiger partial charge in [0.2, 0.25) is 5.91 Å². The molecule has 3 aliphatic rings. The van der Waals surface area contributed by atoms with Crippen LogP contribution in [0.4, 0.5) is 5.69 Å². The van der Waals surface area contributed by atoms with Crippen molar-refractivity contribution >= 4 is 28.5 Å². The number of hydrogen-bond donors (Lipinski definition) is 3. The number of aliphatic hydroxyl groups excluding tert-OH is 1. The second-order valence-corrected chi connectivity index (χ2v) is 9.38. The number of carbonyl (C=O) groups excluding carboxylic acids is 2. The molecular formula is C25H32N4O6. The van der Waals surface area contributed by atoms with Crippen molar-refractivity contribution in [3.8, 4) is 0 Å². The molecule has 1 atom stereocenters. The Morgan fingerprint density at radius 2 is 1.86 bits per heavy atom. The van der Waals surface area contributed by atoms with Crippen molar-refractivity contribution in [1.82, 2.24) is 15.5 Å². The van der Waals surface area contributed by atoms with E-state index in [0.29, 0.717) is 37.3 Å². The largest absolute Gasteiger partial charge is 0.422 e. The highest BCUT2D eigenvalue weighted by atomic mass is 16.5. The van der Waals surface area contributed by atoms with Gasteiger partial charge < -0.3 is 29.8 Å². The summed E-state index contributed by atoms with van der Waals surface area (Å²) in [6, 6.07) is 2.39. The maximum absolute atomic E-state index is 12.9. The number of benzene rings is 1. The number of aliphatic hydroxyl groups is 1. The predicted octanol–water partition coefficient (Wildman–Crippen LogP) is 0.0309. The van der Waals surface area contributed by atoms with Crippen LogP contribution >= 0.6 is 0 Å². The number of rotatable bonds is 7. The molecule has 10 nitrogen and oxygen atoms in total. The van der Waals surface area contributed by atoms with Crippen molar-refractivity contribution in [2.75, 3.05) is 64.0 Å². The van der Waals surface area contributed by atoms with Crippen molar-refractivity contribution in [1.29, 1.82) is 0 Å². The number of nitrogens with zero attached hydrogens (tertiary/aromatic N) is 2. The van der Waals surface area contributed by atoms with Gasteiger partial charge in [0.1, 0.15) is 17.2 Å². The Kier molecular flexibility index (Phi) is 7.03. The number of nitrogens with one attached hydrogen (secondary N) is 2. The molecule has 0 bridgehead atoms. The number of ether oxygens (including phenoxy) is 1. The fourth-order valence-corrected chi connectivity index (χ4v) is 5.32. The lowest BCUT2D eigenvalue weighted by Gasteiger charge is -2.37. The van der Waals surface area contributed by atoms with Gasteiger partial charge in [0.25, 0.3) is 5.91 Å². The highest BCUT2D eigenvalue weighted by Gasteiger charge is 2.28. The number of aryl methyl sites for hydroxylation is 2. The van der Waals surface area contributed by atoms with E-state index >= 15 is 0 Å². The van der Waals surface area contributed by atoms with E-state index in [0.717, 1.165) is 57.4 Å². The summed E-state index contributed by atoms with van der Waals surface area (Å²) in [5.74, 6) is -1.24. The zero-order valence-corrected chi connectivity index (χ0v) is 19.8. The maximum Gasteiger partial charge on any atom is 0.349 e. The van der Waals surface area contributed by atoms with E-state index in [4.69, 9.17) is 9.15 Å². The van der Waals surface area contributed by atoms with E-state index in [-0.39, 0.29) is 5.56 Å². The predicted molar refractivity (Wildman–Crippen MR) is 130 cm³/mol. The average Bonchev–Trinajstić information content (AvgIpc) is 2.88. The topological polar surface area (TPSA) is 124 Å². The third kappa shape index (κ3) is 4.91. The molecule has 4 heterocycles. The monoisotopic (exact) mass is 484 g/mol. The molecule has 10 heteroatoms. The minimum absolute atomic E-state index is 0.173. The molecule has 3 aliphatic heterocycles. The van der Waals surface area contributed by atoms with Gasteiger partial charge in [-0.05, 0) is 43.4 Å². The molecule has 0 radical (unpaired) electrons. The first-order chi connectivity index (χ1) is 17.0. The second kappa shape index (κ2) is 10.3. The van der Waals surface area contributed by atoms with Gasteiger partial charge in [0, 0.05) is 55.9 Å². The molecular weight excluding hydrogens is 452 g/mol. The Morgan fingerprint density at radius 1 is 1.09 bits per heavy atom. The quantitative estimate of drug-likeness (QED) is 0.471. The van der Waals surface area contributed by atoms with Crippen LogP contribution in [0.2, 0.25) is 0 Å². The molecule has 35 heavy (non-hydrogen) atoms. The van der Waals surface area contributed by atoms with Crippen LogP contribution in [0.25, 0.3) is 11.0 Å². The SMILES string of the molecule is O=C(N[C@@H](CO)C(=O)NCCN1CCOCC1)c1cc2cc3c4c(c2oc1=O)CCCN4CCC3. The Balaban J connectivity index is 1.30. The third-order valence-corrected chi connectivity index (χ3v) is 7.10. The van der Waals surface area contributed by atoms with Crippen LogP contribution < -0.4 is 21.2 Å². The van der Waals surface area contributed by atoms with Gasteiger partial charge in [0.05, 0.1) is 19.8 Å². The molecule has 3 N–H and O–H groups in total. The van der Waals surface area contributed by atoms with Crippen molar-refractivity contribution < 1.29 is 23.8 Å². The van der Waals surface area contributed by atoms with Crippen molar-refractivity contribution in [2.45, 2.75) is 31.7 Å². The first kappa shape index (κ1) is 23.8. The molecule has 1 aromatic carbocycles. The Hall–Kier alpha value is -2.95. The summed E-state index contributed by atoms with van der Waals surface area (Å²) in [5, 5.41) is 15.6. The first-order valence-electron chi connectivity index (χ1n) is 12.4. The molecule has 188 valence electrons. The number of amides is 2. The second-order valence-electron chi connectivity index (χ2n) is 9.38. The van der Waals surface area contributed by atoms with Gasteiger partial charge in [0.15, 0.2) is 0 Å². The van der Waals surface area contributed by atoms with Crippen LogP contribution in [-0.2, 0) is 22.4 Å². The van der Waals surface area contributed by atoms with Crippen LogP contribution in [0, 0.1) is 0 Å². The summed E-state index contributed by atoms with van der Waals surface area (Å²) < 4.78 is 11.0. The zero-order chi connectivity index (χ0) is 24.4. The van der Waals surface area contributed by atoms with Crippen molar-refractivity contribution in [2.24, 2.45) is 0 Å². The fourth-order valence-electron chi connectivity index (χ4n) is 5.32. The highest BCUT2D eigenvalue weighted by molar-refractivity contribution is 6.00. The van der Waals surface area contributed by atoms with E-state index in [1.54, 1.807) is 6.07 Å². The molecule has 0 spiro atoms. The summed E-state index contributed by atoms with van der Waals surface area (Å²) in [6.07, 6.45) is 3.85. The molecule has 2 amide bonds. The molecule has 0 unspecified atom stereocenters. The van der Waals surface area contributed by atoms with Crippen molar-refractivity contribution in [3.63, 3.8) is 0 Å². The standard InChI is InChI=1S/C25H32N4O6/c30-15-20(24(32)26-5-8-28-9-11-34-12-10-28)27-23(31)19-14-17-13-16-3-1-6-29-7-2-4-18(21(16)29)22(17)35-25(19)33/h13-14,20,30H,1-12,15H2,(H,26,32)(H,27,31)/t20-/m0/s1. The van der Waals surface area contributed by atoms with Gasteiger partial charge in [-0.1, -0.05) is 0 Å². The average molecular weight is 485 g/mol. The molecule has 0 saturated carbocycles. The number of carbonyl (C=O) groups is 2. The van der Waals surface area contributed by atoms with Crippen LogP contribution in [0.3, 0.4) is 0 Å². The minimum Gasteiger partial charge on any atom is -0.422 e. The maximum atomic E-state index is 12.9.